The minimum Gasteiger partial charge on any atom is -0.444 e. The smallest absolute Gasteiger partial charge is 0.444 e. The highest BCUT2D eigenvalue weighted by Crippen LogP contribution is 2.33. The van der Waals surface area contributed by atoms with Crippen molar-refractivity contribution in [3.63, 3.8) is 0 Å². The van der Waals surface area contributed by atoms with Crippen LogP contribution in [-0.2, 0) is 4.74 Å². The minimum atomic E-state index is -4.48. The molecule has 0 aromatic rings. The van der Waals surface area contributed by atoms with Gasteiger partial charge in [0.15, 0.2) is 0 Å². The molecule has 0 radical (unpaired) electrons. The maximum Gasteiger partial charge on any atom is 0.449 e. The summed E-state index contributed by atoms with van der Waals surface area (Å²) in [5, 5.41) is 0. The number of aliphatic imine (C=N–C) groups is 1. The Bertz CT molecular complexity index is 462. The van der Waals surface area contributed by atoms with E-state index in [2.05, 4.69) is 20.9 Å². The molecular weight excluding hydrogens is 355 g/mol. The maximum absolute atomic E-state index is 12.9. The average Bonchev–Trinajstić information content (AvgIpc) is 2.64. The lowest BCUT2D eigenvalue weighted by Gasteiger charge is -2.40. The summed E-state index contributed by atoms with van der Waals surface area (Å²) in [7, 11) is 0. The summed E-state index contributed by atoms with van der Waals surface area (Å²) in [6.07, 6.45) is -4.99. The fourth-order valence-corrected chi connectivity index (χ4v) is 2.96. The topological polar surface area (TPSA) is 45.1 Å². The van der Waals surface area contributed by atoms with E-state index in [-0.39, 0.29) is 19.6 Å². The summed E-state index contributed by atoms with van der Waals surface area (Å²) in [6.45, 7) is 5.65. The first kappa shape index (κ1) is 16.4. The fourth-order valence-electron chi connectivity index (χ4n) is 2.31. The van der Waals surface area contributed by atoms with E-state index in [9.17, 15) is 18.0 Å². The van der Waals surface area contributed by atoms with E-state index in [0.29, 0.717) is 0 Å². The van der Waals surface area contributed by atoms with Crippen molar-refractivity contribution >= 4 is 27.9 Å². The van der Waals surface area contributed by atoms with Gasteiger partial charge in [-0.15, -0.1) is 0 Å². The van der Waals surface area contributed by atoms with Crippen molar-refractivity contribution in [3.05, 3.63) is 0 Å². The van der Waals surface area contributed by atoms with Crippen molar-refractivity contribution in [1.82, 2.24) is 9.80 Å². The Hall–Kier alpha value is -0.990. The molecule has 5 nitrogen and oxygen atoms in total. The molecule has 2 aliphatic heterocycles. The van der Waals surface area contributed by atoms with Crippen molar-refractivity contribution in [3.8, 4) is 0 Å². The van der Waals surface area contributed by atoms with Crippen molar-refractivity contribution in [2.75, 3.05) is 19.6 Å². The first-order chi connectivity index (χ1) is 9.49. The van der Waals surface area contributed by atoms with Crippen LogP contribution < -0.4 is 0 Å². The first-order valence-corrected chi connectivity index (χ1v) is 7.44. The predicted molar refractivity (Wildman–Crippen MR) is 74.5 cm³/mol. The predicted octanol–water partition coefficient (Wildman–Crippen LogP) is 2.60. The largest absolute Gasteiger partial charge is 0.449 e. The van der Waals surface area contributed by atoms with Gasteiger partial charge < -0.3 is 14.5 Å². The number of halogens is 4. The molecule has 2 atom stereocenters. The van der Waals surface area contributed by atoms with Gasteiger partial charge >= 0.3 is 12.3 Å². The molecule has 0 aromatic carbocycles. The van der Waals surface area contributed by atoms with Gasteiger partial charge in [0.1, 0.15) is 10.6 Å². The SMILES string of the molecule is CC(C)(C)OC(=O)N1CCN2C(C(F)(F)F)=NC(Br)C2C1. The first-order valence-electron chi connectivity index (χ1n) is 6.53. The molecule has 21 heavy (non-hydrogen) atoms. The summed E-state index contributed by atoms with van der Waals surface area (Å²) in [5.74, 6) is -0.877. The van der Waals surface area contributed by atoms with E-state index in [1.807, 2.05) is 0 Å². The molecule has 0 aliphatic carbocycles. The van der Waals surface area contributed by atoms with Gasteiger partial charge in [-0.1, -0.05) is 15.9 Å². The summed E-state index contributed by atoms with van der Waals surface area (Å²) < 4.78 is 43.9. The quantitative estimate of drug-likeness (QED) is 0.485. The Morgan fingerprint density at radius 3 is 2.48 bits per heavy atom. The van der Waals surface area contributed by atoms with E-state index < -0.39 is 34.7 Å². The minimum absolute atomic E-state index is 0.0877. The Balaban J connectivity index is 2.05. The molecule has 0 N–H and O–H groups in total. The number of hydrogen-bond acceptors (Lipinski definition) is 4. The zero-order chi connectivity index (χ0) is 16.0. The van der Waals surface area contributed by atoms with E-state index in [1.54, 1.807) is 20.8 Å². The molecule has 120 valence electrons. The van der Waals surface area contributed by atoms with Crippen LogP contribution >= 0.6 is 15.9 Å². The second kappa shape index (κ2) is 5.33. The van der Waals surface area contributed by atoms with E-state index in [1.165, 1.54) is 9.80 Å². The number of hydrogen-bond donors (Lipinski definition) is 0. The molecule has 0 bridgehead atoms. The second-order valence-corrected chi connectivity index (χ2v) is 6.95. The number of alkyl halides is 4. The summed E-state index contributed by atoms with van der Waals surface area (Å²) >= 11 is 3.14. The van der Waals surface area contributed by atoms with Crippen LogP contribution in [0.1, 0.15) is 20.8 Å². The third-order valence-electron chi connectivity index (χ3n) is 3.16. The number of carbonyl (C=O) groups is 1. The summed E-state index contributed by atoms with van der Waals surface area (Å²) in [6, 6.07) is -0.525. The number of carbonyl (C=O) groups excluding carboxylic acids is 1. The number of rotatable bonds is 0. The Morgan fingerprint density at radius 2 is 1.95 bits per heavy atom. The Labute approximate surface area is 129 Å². The van der Waals surface area contributed by atoms with Crippen LogP contribution in [0, 0.1) is 0 Å². The van der Waals surface area contributed by atoms with Crippen LogP contribution in [-0.4, -0.2) is 64.1 Å². The molecule has 9 heteroatoms. The Kier molecular flexibility index (Phi) is 4.16. The molecule has 1 saturated heterocycles. The normalized spacial score (nSPS) is 26.5. The molecule has 2 unspecified atom stereocenters. The van der Waals surface area contributed by atoms with Gasteiger partial charge in [-0.05, 0) is 20.8 Å². The zero-order valence-corrected chi connectivity index (χ0v) is 13.5. The highest BCUT2D eigenvalue weighted by atomic mass is 79.9. The highest BCUT2D eigenvalue weighted by molar-refractivity contribution is 9.09. The van der Waals surface area contributed by atoms with Gasteiger partial charge in [-0.25, -0.2) is 9.79 Å². The molecule has 2 rings (SSSR count). The molecule has 0 saturated carbocycles. The zero-order valence-electron chi connectivity index (χ0n) is 11.9. The number of amides is 1. The molecule has 1 amide bonds. The third kappa shape index (κ3) is 3.61. The van der Waals surface area contributed by atoms with Crippen molar-refractivity contribution in [2.45, 2.75) is 43.5 Å². The van der Waals surface area contributed by atoms with E-state index in [0.717, 1.165) is 0 Å². The van der Waals surface area contributed by atoms with Gasteiger partial charge in [0.25, 0.3) is 0 Å². The van der Waals surface area contributed by atoms with Crippen molar-refractivity contribution in [2.24, 2.45) is 4.99 Å². The monoisotopic (exact) mass is 371 g/mol. The second-order valence-electron chi connectivity index (χ2n) is 6.01. The molecule has 0 aromatic heterocycles. The highest BCUT2D eigenvalue weighted by Gasteiger charge is 2.50. The van der Waals surface area contributed by atoms with E-state index >= 15 is 0 Å². The summed E-state index contributed by atoms with van der Waals surface area (Å²) in [4.78, 5) is 17.6. The van der Waals surface area contributed by atoms with Crippen LogP contribution in [0.15, 0.2) is 4.99 Å². The van der Waals surface area contributed by atoms with Crippen LogP contribution in [0.5, 0.6) is 0 Å². The molecule has 0 spiro atoms. The van der Waals surface area contributed by atoms with Crippen LogP contribution in [0.2, 0.25) is 0 Å². The third-order valence-corrected chi connectivity index (χ3v) is 3.97. The average molecular weight is 372 g/mol. The molecule has 2 aliphatic rings. The van der Waals surface area contributed by atoms with E-state index in [4.69, 9.17) is 4.74 Å². The maximum atomic E-state index is 12.9. The van der Waals surface area contributed by atoms with Gasteiger partial charge in [0, 0.05) is 19.6 Å². The van der Waals surface area contributed by atoms with Gasteiger partial charge in [-0.2, -0.15) is 13.2 Å². The lowest BCUT2D eigenvalue weighted by atomic mass is 10.2. The van der Waals surface area contributed by atoms with Gasteiger partial charge in [0.05, 0.1) is 6.04 Å². The molecule has 2 heterocycles. The number of ether oxygens (including phenoxy) is 1. The number of nitrogens with zero attached hydrogens (tertiary/aromatic N) is 3. The van der Waals surface area contributed by atoms with Crippen molar-refractivity contribution < 1.29 is 22.7 Å². The number of fused-ring (bicyclic) bond motifs is 1. The lowest BCUT2D eigenvalue weighted by molar-refractivity contribution is -0.0706. The lowest BCUT2D eigenvalue weighted by Crippen LogP contribution is -2.58. The number of amidine groups is 1. The number of piperazine rings is 1. The van der Waals surface area contributed by atoms with Crippen LogP contribution in [0.3, 0.4) is 0 Å². The summed E-state index contributed by atoms with van der Waals surface area (Å²) in [5.41, 5.74) is -0.634. The Morgan fingerprint density at radius 1 is 1.33 bits per heavy atom. The van der Waals surface area contributed by atoms with Crippen molar-refractivity contribution in [1.29, 1.82) is 0 Å². The molecular formula is C12H17BrF3N3O2. The standard InChI is InChI=1S/C12H17BrF3N3O2/c1-11(2,3)21-10(20)18-4-5-19-7(6-18)8(13)17-9(19)12(14,15)16/h7-8H,4-6H2,1-3H3. The van der Waals surface area contributed by atoms with Crippen LogP contribution in [0.25, 0.3) is 0 Å². The fraction of sp³-hybridized carbons (Fsp3) is 0.833. The van der Waals surface area contributed by atoms with Gasteiger partial charge in [0.2, 0.25) is 5.84 Å². The van der Waals surface area contributed by atoms with Gasteiger partial charge in [-0.3, -0.25) is 0 Å². The van der Waals surface area contributed by atoms with Crippen LogP contribution in [0.4, 0.5) is 18.0 Å². The molecule has 1 fully saturated rings.